The lowest BCUT2D eigenvalue weighted by Gasteiger charge is -2.30. The summed E-state index contributed by atoms with van der Waals surface area (Å²) in [5.41, 5.74) is 0.168. The molecule has 2 nitrogen and oxygen atoms in total. The first kappa shape index (κ1) is 12.5. The van der Waals surface area contributed by atoms with Crippen LogP contribution >= 0.6 is 0 Å². The Balaban J connectivity index is 2.20. The number of hydrogen-bond acceptors (Lipinski definition) is 2. The summed E-state index contributed by atoms with van der Waals surface area (Å²) in [7, 11) is 1.92. The molecule has 1 saturated heterocycles. The van der Waals surface area contributed by atoms with Gasteiger partial charge >= 0.3 is 0 Å². The van der Waals surface area contributed by atoms with Crippen molar-refractivity contribution in [2.45, 2.75) is 25.4 Å². The van der Waals surface area contributed by atoms with Crippen LogP contribution in [0.15, 0.2) is 18.2 Å². The largest absolute Gasteiger partial charge is 0.315 e. The first-order chi connectivity index (χ1) is 8.11. The number of nitrogens with zero attached hydrogens (tertiary/aromatic N) is 1. The average Bonchev–Trinajstić information content (AvgIpc) is 2.81. The van der Waals surface area contributed by atoms with Crippen molar-refractivity contribution in [2.24, 2.45) is 0 Å². The van der Waals surface area contributed by atoms with Crippen LogP contribution in [0.2, 0.25) is 0 Å². The molecule has 1 heterocycles. The first-order valence-electron chi connectivity index (χ1n) is 5.98. The minimum absolute atomic E-state index is 0.168. The Morgan fingerprint density at radius 2 is 2.00 bits per heavy atom. The van der Waals surface area contributed by atoms with E-state index >= 15 is 0 Å². The number of hydrogen-bond donors (Lipinski definition) is 1. The Morgan fingerprint density at radius 1 is 1.35 bits per heavy atom. The summed E-state index contributed by atoms with van der Waals surface area (Å²) in [6.07, 6.45) is 1.02. The Kier molecular flexibility index (Phi) is 3.74. The van der Waals surface area contributed by atoms with Crippen molar-refractivity contribution in [2.75, 3.05) is 20.1 Å². The lowest BCUT2D eigenvalue weighted by Crippen LogP contribution is -2.36. The highest BCUT2D eigenvalue weighted by Crippen LogP contribution is 2.27. The molecule has 0 bridgehead atoms. The molecule has 2 unspecified atom stereocenters. The van der Waals surface area contributed by atoms with Gasteiger partial charge in [-0.1, -0.05) is 6.07 Å². The molecule has 1 fully saturated rings. The second-order valence-corrected chi connectivity index (χ2v) is 4.62. The molecule has 0 saturated carbocycles. The third-order valence-corrected chi connectivity index (χ3v) is 3.64. The Hall–Kier alpha value is -1.00. The molecule has 0 radical (unpaired) electrons. The van der Waals surface area contributed by atoms with Crippen molar-refractivity contribution in [3.8, 4) is 0 Å². The molecular formula is C13H18F2N2. The van der Waals surface area contributed by atoms with E-state index in [0.29, 0.717) is 6.04 Å². The summed E-state index contributed by atoms with van der Waals surface area (Å²) in [6.45, 7) is 3.71. The summed E-state index contributed by atoms with van der Waals surface area (Å²) in [4.78, 5) is 2.04. The van der Waals surface area contributed by atoms with Gasteiger partial charge in [0.15, 0.2) is 0 Å². The van der Waals surface area contributed by atoms with Gasteiger partial charge in [0.05, 0.1) is 0 Å². The quantitative estimate of drug-likeness (QED) is 0.872. The van der Waals surface area contributed by atoms with Crippen molar-refractivity contribution in [1.82, 2.24) is 10.2 Å². The van der Waals surface area contributed by atoms with Gasteiger partial charge in [0, 0.05) is 24.2 Å². The molecule has 1 aromatic rings. The smallest absolute Gasteiger partial charge is 0.130 e. The second-order valence-electron chi connectivity index (χ2n) is 4.62. The van der Waals surface area contributed by atoms with Crippen LogP contribution in [-0.4, -0.2) is 31.1 Å². The maximum absolute atomic E-state index is 13.7. The molecule has 1 aliphatic heterocycles. The minimum atomic E-state index is -0.463. The molecule has 17 heavy (non-hydrogen) atoms. The standard InChI is InChI=1S/C13H18F2N2/c1-9(17(2)10-6-7-16-8-10)13-11(14)4-3-5-12(13)15/h3-5,9-10,16H,6-8H2,1-2H3. The summed E-state index contributed by atoms with van der Waals surface area (Å²) >= 11 is 0. The van der Waals surface area contributed by atoms with E-state index in [1.165, 1.54) is 18.2 Å². The number of benzene rings is 1. The monoisotopic (exact) mass is 240 g/mol. The molecular weight excluding hydrogens is 222 g/mol. The molecule has 0 amide bonds. The van der Waals surface area contributed by atoms with Gasteiger partial charge in [0.25, 0.3) is 0 Å². The van der Waals surface area contributed by atoms with Crippen LogP contribution in [0.5, 0.6) is 0 Å². The molecule has 1 N–H and O–H groups in total. The molecule has 1 aromatic carbocycles. The Bertz CT molecular complexity index is 369. The normalized spacial score (nSPS) is 22.1. The zero-order valence-electron chi connectivity index (χ0n) is 10.2. The van der Waals surface area contributed by atoms with Crippen LogP contribution in [-0.2, 0) is 0 Å². The molecule has 94 valence electrons. The van der Waals surface area contributed by atoms with E-state index in [1.54, 1.807) is 0 Å². The van der Waals surface area contributed by atoms with E-state index in [2.05, 4.69) is 5.32 Å². The maximum Gasteiger partial charge on any atom is 0.130 e. The third-order valence-electron chi connectivity index (χ3n) is 3.64. The number of halogens is 2. The number of rotatable bonds is 3. The first-order valence-corrected chi connectivity index (χ1v) is 5.98. The molecule has 0 aliphatic carbocycles. The van der Waals surface area contributed by atoms with Crippen LogP contribution in [0.25, 0.3) is 0 Å². The summed E-state index contributed by atoms with van der Waals surface area (Å²) < 4.78 is 27.3. The van der Waals surface area contributed by atoms with Crippen molar-refractivity contribution in [3.05, 3.63) is 35.4 Å². The zero-order valence-corrected chi connectivity index (χ0v) is 10.2. The maximum atomic E-state index is 13.7. The fourth-order valence-electron chi connectivity index (χ4n) is 2.42. The van der Waals surface area contributed by atoms with E-state index in [9.17, 15) is 8.78 Å². The molecule has 1 aliphatic rings. The molecule has 0 aromatic heterocycles. The molecule has 0 spiro atoms. The Labute approximate surface area is 101 Å². The topological polar surface area (TPSA) is 15.3 Å². The fourth-order valence-corrected chi connectivity index (χ4v) is 2.42. The van der Waals surface area contributed by atoms with Gasteiger partial charge < -0.3 is 5.32 Å². The minimum Gasteiger partial charge on any atom is -0.315 e. The van der Waals surface area contributed by atoms with E-state index in [-0.39, 0.29) is 11.6 Å². The Morgan fingerprint density at radius 3 is 2.53 bits per heavy atom. The lowest BCUT2D eigenvalue weighted by molar-refractivity contribution is 0.189. The van der Waals surface area contributed by atoms with E-state index < -0.39 is 11.6 Å². The van der Waals surface area contributed by atoms with Crippen LogP contribution in [0.3, 0.4) is 0 Å². The number of likely N-dealkylation sites (N-methyl/N-ethyl adjacent to an activating group) is 1. The van der Waals surface area contributed by atoms with Crippen LogP contribution < -0.4 is 5.32 Å². The van der Waals surface area contributed by atoms with Gasteiger partial charge in [0.1, 0.15) is 11.6 Å². The van der Waals surface area contributed by atoms with Gasteiger partial charge in [-0.05, 0) is 39.1 Å². The van der Waals surface area contributed by atoms with Gasteiger partial charge in [-0.15, -0.1) is 0 Å². The average molecular weight is 240 g/mol. The van der Waals surface area contributed by atoms with Gasteiger partial charge in [0.2, 0.25) is 0 Å². The highest BCUT2D eigenvalue weighted by atomic mass is 19.1. The van der Waals surface area contributed by atoms with Gasteiger partial charge in [-0.2, -0.15) is 0 Å². The SMILES string of the molecule is CC(c1c(F)cccc1F)N(C)C1CCNC1. The summed E-state index contributed by atoms with van der Waals surface area (Å²) in [6, 6.07) is 4.13. The van der Waals surface area contributed by atoms with Crippen LogP contribution in [0, 0.1) is 11.6 Å². The zero-order chi connectivity index (χ0) is 12.4. The highest BCUT2D eigenvalue weighted by molar-refractivity contribution is 5.23. The predicted molar refractivity (Wildman–Crippen MR) is 63.8 cm³/mol. The predicted octanol–water partition coefficient (Wildman–Crippen LogP) is 2.32. The molecule has 4 heteroatoms. The van der Waals surface area contributed by atoms with E-state index in [1.807, 2.05) is 18.9 Å². The van der Waals surface area contributed by atoms with Crippen molar-refractivity contribution in [3.63, 3.8) is 0 Å². The van der Waals surface area contributed by atoms with Crippen molar-refractivity contribution >= 4 is 0 Å². The molecule has 2 atom stereocenters. The summed E-state index contributed by atoms with van der Waals surface area (Å²) in [5, 5.41) is 3.26. The summed E-state index contributed by atoms with van der Waals surface area (Å²) in [5.74, 6) is -0.925. The molecule has 2 rings (SSSR count). The third kappa shape index (κ3) is 2.48. The highest BCUT2D eigenvalue weighted by Gasteiger charge is 2.26. The van der Waals surface area contributed by atoms with Gasteiger partial charge in [-0.3, -0.25) is 4.90 Å². The lowest BCUT2D eigenvalue weighted by atomic mass is 10.0. The van der Waals surface area contributed by atoms with E-state index in [4.69, 9.17) is 0 Å². The second kappa shape index (κ2) is 5.10. The van der Waals surface area contributed by atoms with Crippen molar-refractivity contribution in [1.29, 1.82) is 0 Å². The number of nitrogens with one attached hydrogen (secondary N) is 1. The fraction of sp³-hybridized carbons (Fsp3) is 0.538. The van der Waals surface area contributed by atoms with Crippen LogP contribution in [0.1, 0.15) is 24.9 Å². The van der Waals surface area contributed by atoms with E-state index in [0.717, 1.165) is 19.5 Å². The van der Waals surface area contributed by atoms with Gasteiger partial charge in [-0.25, -0.2) is 8.78 Å². The van der Waals surface area contributed by atoms with Crippen LogP contribution in [0.4, 0.5) is 8.78 Å². The van der Waals surface area contributed by atoms with Crippen molar-refractivity contribution < 1.29 is 8.78 Å².